The van der Waals surface area contributed by atoms with E-state index < -0.39 is 0 Å². The Bertz CT molecular complexity index is 1110. The third-order valence-corrected chi connectivity index (χ3v) is 8.70. The van der Waals surface area contributed by atoms with E-state index in [2.05, 4.69) is 71.4 Å². The Morgan fingerprint density at radius 1 is 1.21 bits per heavy atom. The third-order valence-electron chi connectivity index (χ3n) is 8.70. The number of nitrogens with one attached hydrogen (secondary N) is 1. The molecular weight excluding hydrogens is 489 g/mol. The summed E-state index contributed by atoms with van der Waals surface area (Å²) in [7, 11) is 2.03. The van der Waals surface area contributed by atoms with E-state index in [0.29, 0.717) is 23.8 Å². The lowest BCUT2D eigenvalue weighted by Crippen LogP contribution is -2.62. The number of halogens is 1. The van der Waals surface area contributed by atoms with Crippen LogP contribution in [0.15, 0.2) is 31.1 Å². The van der Waals surface area contributed by atoms with Crippen LogP contribution in [0.3, 0.4) is 0 Å². The van der Waals surface area contributed by atoms with Crippen molar-refractivity contribution < 1.29 is 4.39 Å². The Morgan fingerprint density at radius 3 is 2.64 bits per heavy atom. The number of nitrogens with zero attached hydrogens (tertiary/aromatic N) is 6. The molecule has 3 heterocycles. The van der Waals surface area contributed by atoms with Crippen molar-refractivity contribution in [3.63, 3.8) is 0 Å². The van der Waals surface area contributed by atoms with E-state index in [1.54, 1.807) is 12.4 Å². The molecule has 1 N–H and O–H groups in total. The summed E-state index contributed by atoms with van der Waals surface area (Å²) in [5.41, 5.74) is 3.82. The molecule has 2 aromatic rings. The number of rotatable bonds is 13. The Hall–Kier alpha value is -2.58. The first kappa shape index (κ1) is 29.4. The van der Waals surface area contributed by atoms with Crippen molar-refractivity contribution >= 4 is 11.5 Å². The minimum atomic E-state index is -0.256. The summed E-state index contributed by atoms with van der Waals surface area (Å²) in [6, 6.07) is 5.90. The third kappa shape index (κ3) is 6.60. The number of benzene rings is 1. The van der Waals surface area contributed by atoms with Gasteiger partial charge in [0.15, 0.2) is 5.82 Å². The van der Waals surface area contributed by atoms with E-state index in [0.717, 1.165) is 67.6 Å². The van der Waals surface area contributed by atoms with Gasteiger partial charge in [0.2, 0.25) is 0 Å². The van der Waals surface area contributed by atoms with Gasteiger partial charge in [0.05, 0.1) is 0 Å². The van der Waals surface area contributed by atoms with Gasteiger partial charge < -0.3 is 15.1 Å². The minimum Gasteiger partial charge on any atom is -0.369 e. The Balaban J connectivity index is 1.49. The molecule has 0 bridgehead atoms. The molecular formula is C31H48FN7. The smallest absolute Gasteiger partial charge is 0.154 e. The average molecular weight is 538 g/mol. The molecule has 2 saturated heterocycles. The first-order chi connectivity index (χ1) is 18.7. The van der Waals surface area contributed by atoms with E-state index in [4.69, 9.17) is 4.98 Å². The lowest BCUT2D eigenvalue weighted by molar-refractivity contribution is -0.0338. The van der Waals surface area contributed by atoms with Gasteiger partial charge in [-0.2, -0.15) is 0 Å². The molecule has 2 aliphatic rings. The van der Waals surface area contributed by atoms with E-state index >= 15 is 0 Å². The highest BCUT2D eigenvalue weighted by Crippen LogP contribution is 2.43. The second-order valence-corrected chi connectivity index (χ2v) is 12.2. The van der Waals surface area contributed by atoms with Gasteiger partial charge in [0.25, 0.3) is 0 Å². The van der Waals surface area contributed by atoms with Crippen molar-refractivity contribution in [2.75, 3.05) is 51.2 Å². The fourth-order valence-corrected chi connectivity index (χ4v) is 6.70. The van der Waals surface area contributed by atoms with Crippen LogP contribution in [0, 0.1) is 17.2 Å². The molecule has 4 rings (SSSR count). The molecule has 8 heteroatoms. The SMILES string of the molecule is C=C(c1cc(F)ccc1Cc1nncnc1N1CCC2(C1)CN(C(CCCNC)C(C)C)C2)N(CC)C(C)C. The van der Waals surface area contributed by atoms with Gasteiger partial charge in [-0.1, -0.05) is 26.5 Å². The normalized spacial score (nSPS) is 17.7. The predicted molar refractivity (Wildman–Crippen MR) is 158 cm³/mol. The number of aromatic nitrogens is 3. The Labute approximate surface area is 234 Å². The first-order valence-corrected chi connectivity index (χ1v) is 14.7. The molecule has 0 saturated carbocycles. The molecule has 1 atom stereocenters. The van der Waals surface area contributed by atoms with E-state index in [1.165, 1.54) is 25.3 Å². The monoisotopic (exact) mass is 537 g/mol. The standard InChI is InChI=1S/C31H48FN7/c1-8-39(23(4)5)24(6)27-17-26(32)12-11-25(27)16-28-30(34-21-35-36-28)37-15-13-31(18-37)19-38(20-31)29(22(2)3)10-9-14-33-7/h11-12,17,21-23,29,33H,6,8-10,13-16,18-20H2,1-5,7H3. The maximum atomic E-state index is 14.4. The molecule has 214 valence electrons. The van der Waals surface area contributed by atoms with Gasteiger partial charge in [-0.25, -0.2) is 9.37 Å². The zero-order chi connectivity index (χ0) is 28.2. The lowest BCUT2D eigenvalue weighted by atomic mass is 9.76. The van der Waals surface area contributed by atoms with Crippen LogP contribution in [0.2, 0.25) is 0 Å². The van der Waals surface area contributed by atoms with Crippen LogP contribution in [0.1, 0.15) is 70.7 Å². The molecule has 2 aliphatic heterocycles. The summed E-state index contributed by atoms with van der Waals surface area (Å²) in [6.45, 7) is 21.6. The molecule has 1 unspecified atom stereocenters. The highest BCUT2D eigenvalue weighted by atomic mass is 19.1. The molecule has 39 heavy (non-hydrogen) atoms. The summed E-state index contributed by atoms with van der Waals surface area (Å²) in [4.78, 5) is 12.0. The fraction of sp³-hybridized carbons (Fsp3) is 0.645. The highest BCUT2D eigenvalue weighted by molar-refractivity contribution is 5.66. The van der Waals surface area contributed by atoms with Crippen molar-refractivity contribution in [1.82, 2.24) is 30.3 Å². The maximum Gasteiger partial charge on any atom is 0.154 e. The van der Waals surface area contributed by atoms with Crippen LogP contribution in [0.5, 0.6) is 0 Å². The van der Waals surface area contributed by atoms with Crippen LogP contribution in [0.25, 0.3) is 5.70 Å². The van der Waals surface area contributed by atoms with Crippen molar-refractivity contribution in [2.45, 2.75) is 72.4 Å². The minimum absolute atomic E-state index is 0.256. The Kier molecular flexibility index (Phi) is 9.60. The van der Waals surface area contributed by atoms with Gasteiger partial charge in [-0.05, 0) is 77.2 Å². The van der Waals surface area contributed by atoms with Crippen molar-refractivity contribution in [3.8, 4) is 0 Å². The topological polar surface area (TPSA) is 60.4 Å². The summed E-state index contributed by atoms with van der Waals surface area (Å²) in [5.74, 6) is 1.31. The van der Waals surface area contributed by atoms with E-state index in [9.17, 15) is 4.39 Å². The zero-order valence-corrected chi connectivity index (χ0v) is 24.9. The van der Waals surface area contributed by atoms with Crippen LogP contribution in [-0.2, 0) is 6.42 Å². The molecule has 0 radical (unpaired) electrons. The summed E-state index contributed by atoms with van der Waals surface area (Å²) >= 11 is 0. The fourth-order valence-electron chi connectivity index (χ4n) is 6.70. The second-order valence-electron chi connectivity index (χ2n) is 12.2. The van der Waals surface area contributed by atoms with Gasteiger partial charge in [0, 0.05) is 67.9 Å². The highest BCUT2D eigenvalue weighted by Gasteiger charge is 2.50. The van der Waals surface area contributed by atoms with Gasteiger partial charge >= 0.3 is 0 Å². The van der Waals surface area contributed by atoms with Crippen molar-refractivity contribution in [2.24, 2.45) is 11.3 Å². The molecule has 0 amide bonds. The molecule has 1 aromatic carbocycles. The Morgan fingerprint density at radius 2 is 1.97 bits per heavy atom. The molecule has 1 spiro atoms. The number of hydrogen-bond donors (Lipinski definition) is 1. The quantitative estimate of drug-likeness (QED) is 0.367. The predicted octanol–water partition coefficient (Wildman–Crippen LogP) is 4.84. The van der Waals surface area contributed by atoms with E-state index in [-0.39, 0.29) is 11.9 Å². The van der Waals surface area contributed by atoms with Gasteiger partial charge in [-0.3, -0.25) is 4.90 Å². The summed E-state index contributed by atoms with van der Waals surface area (Å²) in [6.07, 6.45) is 5.73. The molecule has 0 aliphatic carbocycles. The van der Waals surface area contributed by atoms with Crippen LogP contribution in [-0.4, -0.2) is 83.4 Å². The second kappa shape index (κ2) is 12.7. The molecule has 7 nitrogen and oxygen atoms in total. The van der Waals surface area contributed by atoms with Crippen LogP contribution in [0.4, 0.5) is 10.2 Å². The van der Waals surface area contributed by atoms with Gasteiger partial charge in [0.1, 0.15) is 17.8 Å². The van der Waals surface area contributed by atoms with Crippen molar-refractivity contribution in [3.05, 3.63) is 53.7 Å². The first-order valence-electron chi connectivity index (χ1n) is 14.7. The summed E-state index contributed by atoms with van der Waals surface area (Å²) in [5, 5.41) is 12.0. The number of likely N-dealkylation sites (tertiary alicyclic amines) is 1. The average Bonchev–Trinajstić information content (AvgIpc) is 3.33. The van der Waals surface area contributed by atoms with Crippen LogP contribution >= 0.6 is 0 Å². The van der Waals surface area contributed by atoms with Gasteiger partial charge in [-0.15, -0.1) is 10.2 Å². The number of anilines is 1. The summed E-state index contributed by atoms with van der Waals surface area (Å²) < 4.78 is 14.4. The number of hydrogen-bond acceptors (Lipinski definition) is 7. The largest absolute Gasteiger partial charge is 0.369 e. The van der Waals surface area contributed by atoms with Crippen molar-refractivity contribution in [1.29, 1.82) is 0 Å². The zero-order valence-electron chi connectivity index (χ0n) is 24.9. The van der Waals surface area contributed by atoms with Crippen LogP contribution < -0.4 is 10.2 Å². The van der Waals surface area contributed by atoms with E-state index in [1.807, 2.05) is 13.1 Å². The maximum absolute atomic E-state index is 14.4. The molecule has 1 aromatic heterocycles. The lowest BCUT2D eigenvalue weighted by Gasteiger charge is -2.53. The molecule has 2 fully saturated rings.